The fourth-order valence-corrected chi connectivity index (χ4v) is 5.37. The van der Waals surface area contributed by atoms with E-state index in [4.69, 9.17) is 13.6 Å². The molecule has 0 radical (unpaired) electrons. The minimum atomic E-state index is -2.00. The lowest BCUT2D eigenvalue weighted by Crippen LogP contribution is -2.54. The topological polar surface area (TPSA) is 47.9 Å². The van der Waals surface area contributed by atoms with Gasteiger partial charge >= 0.3 is 0 Å². The molecule has 1 heterocycles. The Morgan fingerprint density at radius 3 is 2.07 bits per heavy atom. The number of ether oxygens (including phenoxy) is 1. The zero-order valence-corrected chi connectivity index (χ0v) is 20.9. The van der Waals surface area contributed by atoms with Gasteiger partial charge < -0.3 is 18.7 Å². The standard InChI is InChI=1S/C22H38O4Si2/c1-16-21(26-28(8,9)22(2,3)4)19(25-27(5,6)7)15-18(24-16)20(23)17-13-11-10-12-14-17/h10-16,19-21,23H,1-9H3/t16-,19-,20+,21-/m0/s1. The maximum Gasteiger partial charge on any atom is 0.192 e. The van der Waals surface area contributed by atoms with E-state index in [1.54, 1.807) is 0 Å². The first-order valence-electron chi connectivity index (χ1n) is 10.2. The van der Waals surface area contributed by atoms with E-state index < -0.39 is 22.7 Å². The fourth-order valence-electron chi connectivity index (χ4n) is 2.99. The predicted molar refractivity (Wildman–Crippen MR) is 120 cm³/mol. The first kappa shape index (κ1) is 23.4. The van der Waals surface area contributed by atoms with Crippen molar-refractivity contribution in [2.75, 3.05) is 0 Å². The lowest BCUT2D eigenvalue weighted by Gasteiger charge is -2.45. The molecule has 0 fully saturated rings. The van der Waals surface area contributed by atoms with Gasteiger partial charge in [-0.3, -0.25) is 0 Å². The molecule has 1 aromatic rings. The highest BCUT2D eigenvalue weighted by atomic mass is 28.4. The Balaban J connectivity index is 2.35. The Morgan fingerprint density at radius 1 is 1.00 bits per heavy atom. The highest BCUT2D eigenvalue weighted by Gasteiger charge is 2.45. The quantitative estimate of drug-likeness (QED) is 0.603. The van der Waals surface area contributed by atoms with Crippen molar-refractivity contribution in [1.29, 1.82) is 0 Å². The number of aliphatic hydroxyl groups excluding tert-OH is 1. The molecule has 6 heteroatoms. The van der Waals surface area contributed by atoms with E-state index in [2.05, 4.69) is 53.5 Å². The van der Waals surface area contributed by atoms with E-state index in [1.807, 2.05) is 43.3 Å². The Hall–Kier alpha value is -0.926. The summed E-state index contributed by atoms with van der Waals surface area (Å²) < 4.78 is 19.4. The third-order valence-electron chi connectivity index (χ3n) is 5.55. The molecule has 1 aromatic carbocycles. The van der Waals surface area contributed by atoms with Gasteiger partial charge in [-0.2, -0.15) is 0 Å². The fraction of sp³-hybridized carbons (Fsp3) is 0.636. The molecule has 0 bridgehead atoms. The van der Waals surface area contributed by atoms with Gasteiger partial charge in [-0.15, -0.1) is 0 Å². The van der Waals surface area contributed by atoms with E-state index in [9.17, 15) is 5.11 Å². The molecule has 0 unspecified atom stereocenters. The van der Waals surface area contributed by atoms with Crippen LogP contribution in [0.25, 0.3) is 0 Å². The molecule has 0 aliphatic carbocycles. The summed E-state index contributed by atoms with van der Waals surface area (Å²) in [6, 6.07) is 9.60. The number of aliphatic hydroxyl groups is 1. The second-order valence-corrected chi connectivity index (χ2v) is 19.5. The van der Waals surface area contributed by atoms with Crippen molar-refractivity contribution < 1.29 is 18.7 Å². The van der Waals surface area contributed by atoms with Crippen LogP contribution in [0.15, 0.2) is 42.2 Å². The zero-order valence-electron chi connectivity index (χ0n) is 18.9. The van der Waals surface area contributed by atoms with Crippen molar-refractivity contribution in [3.63, 3.8) is 0 Å². The van der Waals surface area contributed by atoms with E-state index in [0.29, 0.717) is 5.76 Å². The van der Waals surface area contributed by atoms with Gasteiger partial charge in [0.15, 0.2) is 16.6 Å². The maximum absolute atomic E-state index is 10.9. The van der Waals surface area contributed by atoms with E-state index in [0.717, 1.165) is 5.56 Å². The van der Waals surface area contributed by atoms with Crippen LogP contribution in [0.5, 0.6) is 0 Å². The summed E-state index contributed by atoms with van der Waals surface area (Å²) in [6.45, 7) is 19.8. The number of hydrogen-bond acceptors (Lipinski definition) is 4. The van der Waals surface area contributed by atoms with Gasteiger partial charge in [-0.05, 0) is 56.3 Å². The molecule has 4 atom stereocenters. The summed E-state index contributed by atoms with van der Waals surface area (Å²) >= 11 is 0. The highest BCUT2D eigenvalue weighted by molar-refractivity contribution is 6.74. The van der Waals surface area contributed by atoms with Crippen LogP contribution in [-0.2, 0) is 13.6 Å². The molecule has 4 nitrogen and oxygen atoms in total. The molecule has 2 rings (SSSR count). The van der Waals surface area contributed by atoms with Crippen LogP contribution in [0.4, 0.5) is 0 Å². The van der Waals surface area contributed by atoms with Crippen LogP contribution < -0.4 is 0 Å². The van der Waals surface area contributed by atoms with Gasteiger partial charge in [0.25, 0.3) is 0 Å². The summed E-state index contributed by atoms with van der Waals surface area (Å²) in [7, 11) is -3.83. The summed E-state index contributed by atoms with van der Waals surface area (Å²) in [5, 5.41) is 11.0. The number of benzene rings is 1. The molecule has 0 saturated carbocycles. The second-order valence-electron chi connectivity index (χ2n) is 10.2. The van der Waals surface area contributed by atoms with Gasteiger partial charge in [0.05, 0.1) is 6.10 Å². The summed E-state index contributed by atoms with van der Waals surface area (Å²) in [6.07, 6.45) is 0.532. The summed E-state index contributed by atoms with van der Waals surface area (Å²) in [4.78, 5) is 0. The summed E-state index contributed by atoms with van der Waals surface area (Å²) in [5.74, 6) is 0.553. The van der Waals surface area contributed by atoms with Gasteiger partial charge in [0.2, 0.25) is 0 Å². The van der Waals surface area contributed by atoms with Gasteiger partial charge in [-0.1, -0.05) is 51.1 Å². The van der Waals surface area contributed by atoms with Crippen LogP contribution in [0, 0.1) is 0 Å². The monoisotopic (exact) mass is 422 g/mol. The van der Waals surface area contributed by atoms with Crippen molar-refractivity contribution in [2.24, 2.45) is 0 Å². The van der Waals surface area contributed by atoms with Crippen LogP contribution in [0.2, 0.25) is 37.8 Å². The minimum Gasteiger partial charge on any atom is -0.489 e. The normalized spacial score (nSPS) is 25.1. The van der Waals surface area contributed by atoms with Crippen LogP contribution >= 0.6 is 0 Å². The van der Waals surface area contributed by atoms with Crippen LogP contribution in [0.1, 0.15) is 39.4 Å². The van der Waals surface area contributed by atoms with Crippen LogP contribution in [0.3, 0.4) is 0 Å². The van der Waals surface area contributed by atoms with Gasteiger partial charge in [0, 0.05) is 0 Å². The van der Waals surface area contributed by atoms with Crippen molar-refractivity contribution in [1.82, 2.24) is 0 Å². The molecular formula is C22H38O4Si2. The lowest BCUT2D eigenvalue weighted by molar-refractivity contribution is -0.0677. The smallest absolute Gasteiger partial charge is 0.192 e. The predicted octanol–water partition coefficient (Wildman–Crippen LogP) is 5.63. The van der Waals surface area contributed by atoms with Gasteiger partial charge in [-0.25, -0.2) is 0 Å². The zero-order chi connectivity index (χ0) is 21.3. The molecule has 0 saturated heterocycles. The average Bonchev–Trinajstić information content (AvgIpc) is 2.55. The highest BCUT2D eigenvalue weighted by Crippen LogP contribution is 2.40. The lowest BCUT2D eigenvalue weighted by atomic mass is 10.0. The van der Waals surface area contributed by atoms with E-state index in [1.165, 1.54) is 0 Å². The molecule has 1 N–H and O–H groups in total. The van der Waals surface area contributed by atoms with Crippen LogP contribution in [-0.4, -0.2) is 40.1 Å². The molecule has 0 aromatic heterocycles. The average molecular weight is 423 g/mol. The first-order chi connectivity index (χ1) is 12.7. The number of rotatable bonds is 6. The largest absolute Gasteiger partial charge is 0.489 e. The molecule has 0 spiro atoms. The number of hydrogen-bond donors (Lipinski definition) is 1. The minimum absolute atomic E-state index is 0.101. The molecule has 1 aliphatic heterocycles. The maximum atomic E-state index is 10.9. The molecular weight excluding hydrogens is 384 g/mol. The van der Waals surface area contributed by atoms with E-state index >= 15 is 0 Å². The Bertz CT molecular complexity index is 674. The summed E-state index contributed by atoms with van der Waals surface area (Å²) in [5.41, 5.74) is 0.816. The Kier molecular flexibility index (Phi) is 7.04. The van der Waals surface area contributed by atoms with Gasteiger partial charge in [0.1, 0.15) is 24.1 Å². The third-order valence-corrected chi connectivity index (χ3v) is 11.0. The Morgan fingerprint density at radius 2 is 1.57 bits per heavy atom. The SMILES string of the molecule is C[C@@H]1OC([C@H](O)c2ccccc2)=C[C@H](O[Si](C)(C)C)[C@H]1O[Si](C)(C)C(C)(C)C. The Labute approximate surface area is 173 Å². The third kappa shape index (κ3) is 5.80. The molecule has 158 valence electrons. The van der Waals surface area contributed by atoms with E-state index in [-0.39, 0.29) is 23.4 Å². The molecule has 28 heavy (non-hydrogen) atoms. The van der Waals surface area contributed by atoms with Crippen molar-refractivity contribution in [3.8, 4) is 0 Å². The first-order valence-corrected chi connectivity index (χ1v) is 16.5. The molecule has 0 amide bonds. The molecule has 1 aliphatic rings. The van der Waals surface area contributed by atoms with Crippen molar-refractivity contribution >= 4 is 16.6 Å². The van der Waals surface area contributed by atoms with Crippen molar-refractivity contribution in [2.45, 2.75) is 89.9 Å². The second kappa shape index (κ2) is 8.44. The van der Waals surface area contributed by atoms with Crippen molar-refractivity contribution in [3.05, 3.63) is 47.7 Å².